The van der Waals surface area contributed by atoms with Gasteiger partial charge in [-0.15, -0.1) is 0 Å². The Morgan fingerprint density at radius 2 is 0.750 bits per heavy atom. The van der Waals surface area contributed by atoms with Gasteiger partial charge in [-0.25, -0.2) is 0 Å². The maximum Gasteiger partial charge on any atom is 0.0780 e. The van der Waals surface area contributed by atoms with Gasteiger partial charge in [0.15, 0.2) is 0 Å². The Morgan fingerprint density at radius 1 is 0.357 bits per heavy atom. The molecule has 0 saturated carbocycles. The maximum absolute atomic E-state index is 7.22. The maximum atomic E-state index is 7.22. The van der Waals surface area contributed by atoms with Crippen molar-refractivity contribution in [2.45, 2.75) is 0 Å². The number of para-hydroxylation sites is 4. The second-order valence-corrected chi connectivity index (χ2v) is 18.0. The number of pyridine rings is 1. The first kappa shape index (κ1) is 35.1. The minimum Gasteiger partial charge on any atom is -0.310 e. The first-order chi connectivity index (χ1) is 27.7. The molecule has 56 heavy (non-hydrogen) atoms. The Kier molecular flexibility index (Phi) is 9.82. The molecule has 0 amide bonds. The summed E-state index contributed by atoms with van der Waals surface area (Å²) in [7, 11) is 0. The molecule has 0 fully saturated rings. The van der Waals surface area contributed by atoms with Gasteiger partial charge in [0.05, 0.1) is 5.69 Å². The van der Waals surface area contributed by atoms with E-state index in [0.29, 0.717) is 0 Å². The largest absolute Gasteiger partial charge is 0.310 e. The summed E-state index contributed by atoms with van der Waals surface area (Å²) in [4.78, 5) is 9.54. The Bertz CT molecular complexity index is 2580. The summed E-state index contributed by atoms with van der Waals surface area (Å²) >= 11 is 7.22. The lowest BCUT2D eigenvalue weighted by molar-refractivity contribution is 1.29. The highest BCUT2D eigenvalue weighted by Crippen LogP contribution is 2.47. The van der Waals surface area contributed by atoms with Crippen LogP contribution in [0, 0.1) is 0 Å². The minimum absolute atomic E-state index is 0.952. The molecular weight excluding hydrogens is 718 g/mol. The van der Waals surface area contributed by atoms with Crippen LogP contribution in [0.5, 0.6) is 0 Å². The van der Waals surface area contributed by atoms with Gasteiger partial charge in [-0.05, 0) is 106 Å². The predicted octanol–water partition coefficient (Wildman–Crippen LogP) is 12.6. The number of nitrogens with zero attached hydrogens (tertiary/aromatic N) is 3. The van der Waals surface area contributed by atoms with E-state index in [4.69, 9.17) is 16.8 Å². The number of anilines is 6. The lowest BCUT2D eigenvalue weighted by Crippen LogP contribution is -2.26. The van der Waals surface area contributed by atoms with E-state index in [1.807, 2.05) is 6.20 Å². The molecule has 0 N–H and O–H groups in total. The van der Waals surface area contributed by atoms with Crippen LogP contribution >= 0.6 is 6.04 Å². The lowest BCUT2D eigenvalue weighted by atomic mass is 10.0. The minimum atomic E-state index is -2.73. The summed E-state index contributed by atoms with van der Waals surface area (Å²) < 4.78 is 0. The first-order valence-electron chi connectivity index (χ1n) is 18.7. The van der Waals surface area contributed by atoms with E-state index in [1.54, 1.807) is 0 Å². The highest BCUT2D eigenvalue weighted by atomic mass is 32.4. The van der Waals surface area contributed by atoms with Crippen molar-refractivity contribution >= 4 is 78.7 Å². The fourth-order valence-corrected chi connectivity index (χ4v) is 11.3. The molecule has 0 spiro atoms. The van der Waals surface area contributed by atoms with Gasteiger partial charge in [0, 0.05) is 57.3 Å². The first-order valence-corrected chi connectivity index (χ1v) is 21.5. The zero-order valence-corrected chi connectivity index (χ0v) is 32.3. The van der Waals surface area contributed by atoms with Crippen LogP contribution in [-0.2, 0) is 11.8 Å². The van der Waals surface area contributed by atoms with Crippen molar-refractivity contribution in [1.29, 1.82) is 0 Å². The van der Waals surface area contributed by atoms with Crippen LogP contribution in [-0.4, -0.2) is 4.98 Å². The molecule has 268 valence electrons. The highest BCUT2D eigenvalue weighted by Gasteiger charge is 2.28. The van der Waals surface area contributed by atoms with Gasteiger partial charge in [0.2, 0.25) is 0 Å². The van der Waals surface area contributed by atoms with Crippen molar-refractivity contribution in [3.05, 3.63) is 231 Å². The summed E-state index contributed by atoms with van der Waals surface area (Å²) in [6.45, 7) is 0. The summed E-state index contributed by atoms with van der Waals surface area (Å²) in [5.74, 6) is 0. The third-order valence-electron chi connectivity index (χ3n) is 10.1. The second-order valence-electron chi connectivity index (χ2n) is 13.6. The Labute approximate surface area is 333 Å². The third-order valence-corrected chi connectivity index (χ3v) is 15.0. The van der Waals surface area contributed by atoms with Gasteiger partial charge in [-0.1, -0.05) is 151 Å². The molecule has 9 rings (SSSR count). The van der Waals surface area contributed by atoms with Crippen LogP contribution in [0.4, 0.5) is 34.1 Å². The quantitative estimate of drug-likeness (QED) is 0.129. The van der Waals surface area contributed by atoms with Crippen molar-refractivity contribution in [3.63, 3.8) is 0 Å². The van der Waals surface area contributed by atoms with Crippen molar-refractivity contribution in [2.24, 2.45) is 0 Å². The average Bonchev–Trinajstić information content (AvgIpc) is 3.28. The summed E-state index contributed by atoms with van der Waals surface area (Å²) in [6, 6.07) is 76.5. The van der Waals surface area contributed by atoms with Gasteiger partial charge in [0.25, 0.3) is 0 Å². The SMILES string of the molecule is S=P(c1cccc(-c2nccc3ccccc23)c1)(c1cccc(N(c2ccccc2)c2ccccc2)c1)c1cccc(N(c2ccccc2)c2ccccc2)c1. The van der Waals surface area contributed by atoms with E-state index in [9.17, 15) is 0 Å². The molecule has 3 nitrogen and oxygen atoms in total. The Morgan fingerprint density at radius 3 is 1.23 bits per heavy atom. The van der Waals surface area contributed by atoms with Crippen LogP contribution in [0.2, 0.25) is 0 Å². The third kappa shape index (κ3) is 6.82. The molecule has 5 heteroatoms. The predicted molar refractivity (Wildman–Crippen MR) is 243 cm³/mol. The molecule has 1 heterocycles. The number of fused-ring (bicyclic) bond motifs is 1. The van der Waals surface area contributed by atoms with Crippen molar-refractivity contribution in [3.8, 4) is 11.3 Å². The van der Waals surface area contributed by atoms with Gasteiger partial charge in [-0.2, -0.15) is 0 Å². The fraction of sp³-hybridized carbons (Fsp3) is 0. The summed E-state index contributed by atoms with van der Waals surface area (Å²) in [5, 5.41) is 5.59. The number of aromatic nitrogens is 1. The molecule has 9 aromatic rings. The molecular formula is C51H38N3PS. The van der Waals surface area contributed by atoms with Crippen LogP contribution in [0.15, 0.2) is 231 Å². The monoisotopic (exact) mass is 755 g/mol. The molecule has 0 aliphatic rings. The van der Waals surface area contributed by atoms with Gasteiger partial charge < -0.3 is 9.80 Å². The zero-order valence-electron chi connectivity index (χ0n) is 30.6. The topological polar surface area (TPSA) is 19.4 Å². The van der Waals surface area contributed by atoms with E-state index in [0.717, 1.165) is 72.1 Å². The van der Waals surface area contributed by atoms with Gasteiger partial charge in [0.1, 0.15) is 0 Å². The van der Waals surface area contributed by atoms with Crippen LogP contribution in [0.3, 0.4) is 0 Å². The molecule has 0 bridgehead atoms. The standard InChI is InChI=1S/C51H38N3PS/c56-55(47-30-15-19-40(36-47)51-50-33-14-13-18-39(50)34-35-52-51,48-31-16-28-45(37-48)53(41-20-5-1-6-21-41)42-22-7-2-8-23-42)49-32-17-29-46(38-49)54(43-24-9-3-10-25-43)44-26-11-4-12-27-44/h1-38H. The molecule has 0 aliphatic heterocycles. The molecule has 0 radical (unpaired) electrons. The van der Waals surface area contributed by atoms with Crippen LogP contribution in [0.1, 0.15) is 0 Å². The van der Waals surface area contributed by atoms with E-state index in [-0.39, 0.29) is 0 Å². The van der Waals surface area contributed by atoms with E-state index in [1.165, 1.54) is 0 Å². The van der Waals surface area contributed by atoms with Crippen LogP contribution < -0.4 is 25.7 Å². The number of hydrogen-bond acceptors (Lipinski definition) is 4. The highest BCUT2D eigenvalue weighted by molar-refractivity contribution is 8.25. The molecule has 1 aromatic heterocycles. The number of rotatable bonds is 10. The van der Waals surface area contributed by atoms with E-state index < -0.39 is 6.04 Å². The molecule has 0 atom stereocenters. The van der Waals surface area contributed by atoms with E-state index in [2.05, 4.69) is 234 Å². The van der Waals surface area contributed by atoms with Crippen molar-refractivity contribution in [1.82, 2.24) is 4.98 Å². The molecule has 0 aliphatic carbocycles. The fourth-order valence-electron chi connectivity index (χ4n) is 7.50. The number of benzene rings is 8. The molecule has 8 aromatic carbocycles. The Hall–Kier alpha value is -6.58. The van der Waals surface area contributed by atoms with E-state index >= 15 is 0 Å². The van der Waals surface area contributed by atoms with Crippen LogP contribution in [0.25, 0.3) is 22.0 Å². The number of hydrogen-bond donors (Lipinski definition) is 0. The van der Waals surface area contributed by atoms with Crippen molar-refractivity contribution in [2.75, 3.05) is 9.80 Å². The second kappa shape index (κ2) is 15.6. The molecule has 0 unspecified atom stereocenters. The molecule has 0 saturated heterocycles. The summed E-state index contributed by atoms with van der Waals surface area (Å²) in [6.07, 6.45) is 1.90. The average molecular weight is 756 g/mol. The smallest absolute Gasteiger partial charge is 0.0780 e. The van der Waals surface area contributed by atoms with Crippen molar-refractivity contribution < 1.29 is 0 Å². The summed E-state index contributed by atoms with van der Waals surface area (Å²) in [5.41, 5.74) is 8.42. The zero-order chi connectivity index (χ0) is 37.7. The van der Waals surface area contributed by atoms with Gasteiger partial charge >= 0.3 is 0 Å². The lowest BCUT2D eigenvalue weighted by Gasteiger charge is -2.30. The normalized spacial score (nSPS) is 11.3. The Balaban J connectivity index is 1.26. The van der Waals surface area contributed by atoms with Gasteiger partial charge in [-0.3, -0.25) is 4.98 Å².